The Kier molecular flexibility index (Phi) is 5.11. The van der Waals surface area contributed by atoms with E-state index in [-0.39, 0.29) is 29.1 Å². The Morgan fingerprint density at radius 1 is 1.18 bits per heavy atom. The van der Waals surface area contributed by atoms with Crippen LogP contribution < -0.4 is 5.32 Å². The molecule has 172 valence electrons. The molecule has 1 fully saturated rings. The number of carbonyl (C=O) groups is 3. The van der Waals surface area contributed by atoms with E-state index in [1.165, 1.54) is 0 Å². The predicted octanol–water partition coefficient (Wildman–Crippen LogP) is 3.36. The molecule has 0 saturated carbocycles. The fraction of sp³-hybridized carbons (Fsp3) is 0.440. The molecule has 2 aliphatic rings. The van der Waals surface area contributed by atoms with Gasteiger partial charge in [0, 0.05) is 60.8 Å². The third-order valence-corrected chi connectivity index (χ3v) is 7.24. The van der Waals surface area contributed by atoms with Crippen LogP contribution in [0.4, 0.5) is 0 Å². The molecule has 0 radical (unpaired) electrons. The van der Waals surface area contributed by atoms with Crippen molar-refractivity contribution in [1.82, 2.24) is 25.0 Å². The first-order valence-corrected chi connectivity index (χ1v) is 11.5. The molecule has 2 N–H and O–H groups in total. The van der Waals surface area contributed by atoms with Gasteiger partial charge in [-0.05, 0) is 50.7 Å². The van der Waals surface area contributed by atoms with E-state index in [1.54, 1.807) is 19.3 Å². The number of ketones is 1. The first-order chi connectivity index (χ1) is 15.8. The number of benzene rings is 1. The second-order valence-corrected chi connectivity index (χ2v) is 9.67. The summed E-state index contributed by atoms with van der Waals surface area (Å²) < 4.78 is 1.84. The van der Waals surface area contributed by atoms with Crippen molar-refractivity contribution in [2.75, 3.05) is 20.1 Å². The van der Waals surface area contributed by atoms with Crippen LogP contribution in [0.3, 0.4) is 0 Å². The Bertz CT molecular complexity index is 1260. The monoisotopic (exact) mass is 447 g/mol. The lowest BCUT2D eigenvalue weighted by Gasteiger charge is -2.43. The van der Waals surface area contributed by atoms with Gasteiger partial charge in [-0.2, -0.15) is 5.10 Å². The molecule has 1 saturated heterocycles. The number of carbonyl (C=O) groups excluding carboxylic acids is 3. The Morgan fingerprint density at radius 2 is 1.94 bits per heavy atom. The average molecular weight is 448 g/mol. The van der Waals surface area contributed by atoms with E-state index in [1.807, 2.05) is 41.8 Å². The standard InChI is InChI=1S/C25H29N5O3/c1-15(2)30-22-17(13-28-30)11-25(12-21(22)31)6-8-29(9-7-25)24(33)16-4-5-18-19(23(32)26-3)14-27-20(18)10-16/h4-5,10,13-15,27H,6-9,11-12H2,1-3H3,(H,26,32). The van der Waals surface area contributed by atoms with E-state index >= 15 is 0 Å². The number of nitrogens with one attached hydrogen (secondary N) is 2. The number of Topliss-reactive ketones (excluding diaryl/α,β-unsaturated/α-hetero) is 1. The summed E-state index contributed by atoms with van der Waals surface area (Å²) in [7, 11) is 1.60. The topological polar surface area (TPSA) is 100 Å². The lowest BCUT2D eigenvalue weighted by atomic mass is 9.67. The molecular weight excluding hydrogens is 418 g/mol. The molecule has 33 heavy (non-hydrogen) atoms. The molecule has 5 rings (SSSR count). The Labute approximate surface area is 192 Å². The third kappa shape index (κ3) is 3.53. The molecular formula is C25H29N5O3. The number of hydrogen-bond acceptors (Lipinski definition) is 4. The van der Waals surface area contributed by atoms with Crippen LogP contribution in [0.25, 0.3) is 10.9 Å². The molecule has 0 atom stereocenters. The van der Waals surface area contributed by atoms with Crippen molar-refractivity contribution in [3.8, 4) is 0 Å². The van der Waals surface area contributed by atoms with Crippen LogP contribution in [0.15, 0.2) is 30.6 Å². The SMILES string of the molecule is CNC(=O)c1c[nH]c2cc(C(=O)N3CCC4(CC3)CC(=O)c3c(cnn3C(C)C)C4)ccc12. The van der Waals surface area contributed by atoms with Crippen LogP contribution >= 0.6 is 0 Å². The van der Waals surface area contributed by atoms with Gasteiger partial charge < -0.3 is 15.2 Å². The Morgan fingerprint density at radius 3 is 2.64 bits per heavy atom. The minimum atomic E-state index is -0.161. The number of hydrogen-bond donors (Lipinski definition) is 2. The lowest BCUT2D eigenvalue weighted by Crippen LogP contribution is -2.46. The molecule has 0 unspecified atom stereocenters. The van der Waals surface area contributed by atoms with Crippen LogP contribution in [-0.2, 0) is 6.42 Å². The quantitative estimate of drug-likeness (QED) is 0.643. The summed E-state index contributed by atoms with van der Waals surface area (Å²) in [5.74, 6) is -0.00424. The van der Waals surface area contributed by atoms with Gasteiger partial charge in [0.1, 0.15) is 5.69 Å². The minimum absolute atomic E-state index is 0.0155. The van der Waals surface area contributed by atoms with Gasteiger partial charge in [-0.3, -0.25) is 19.1 Å². The molecule has 8 heteroatoms. The third-order valence-electron chi connectivity index (χ3n) is 7.24. The van der Waals surface area contributed by atoms with Crippen LogP contribution in [0.2, 0.25) is 0 Å². The number of nitrogens with zero attached hydrogens (tertiary/aromatic N) is 3. The van der Waals surface area contributed by atoms with E-state index in [0.717, 1.165) is 41.4 Å². The first kappa shape index (κ1) is 21.4. The molecule has 1 aromatic carbocycles. The van der Waals surface area contributed by atoms with E-state index < -0.39 is 0 Å². The summed E-state index contributed by atoms with van der Waals surface area (Å²) in [6.45, 7) is 5.34. The van der Waals surface area contributed by atoms with E-state index in [2.05, 4.69) is 15.4 Å². The second-order valence-electron chi connectivity index (χ2n) is 9.67. The van der Waals surface area contributed by atoms with Gasteiger partial charge in [0.15, 0.2) is 5.78 Å². The largest absolute Gasteiger partial charge is 0.360 e. The van der Waals surface area contributed by atoms with Crippen molar-refractivity contribution in [3.63, 3.8) is 0 Å². The molecule has 8 nitrogen and oxygen atoms in total. The van der Waals surface area contributed by atoms with E-state index in [0.29, 0.717) is 30.6 Å². The maximum absolute atomic E-state index is 13.2. The summed E-state index contributed by atoms with van der Waals surface area (Å²) in [6.07, 6.45) is 6.50. The molecule has 1 spiro atoms. The van der Waals surface area contributed by atoms with Gasteiger partial charge in [0.25, 0.3) is 11.8 Å². The van der Waals surface area contributed by atoms with Gasteiger partial charge in [0.2, 0.25) is 0 Å². The maximum atomic E-state index is 13.2. The molecule has 1 aliphatic carbocycles. The van der Waals surface area contributed by atoms with Gasteiger partial charge in [-0.1, -0.05) is 6.07 Å². The molecule has 0 bridgehead atoms. The number of likely N-dealkylation sites (tertiary alicyclic amines) is 1. The van der Waals surface area contributed by atoms with Gasteiger partial charge in [0.05, 0.1) is 11.8 Å². The minimum Gasteiger partial charge on any atom is -0.360 e. The van der Waals surface area contributed by atoms with Crippen molar-refractivity contribution < 1.29 is 14.4 Å². The van der Waals surface area contributed by atoms with Crippen LogP contribution in [0, 0.1) is 5.41 Å². The zero-order chi connectivity index (χ0) is 23.3. The maximum Gasteiger partial charge on any atom is 0.253 e. The van der Waals surface area contributed by atoms with Crippen LogP contribution in [0.1, 0.15) is 75.9 Å². The number of rotatable bonds is 3. The van der Waals surface area contributed by atoms with Gasteiger partial charge in [-0.25, -0.2) is 0 Å². The first-order valence-electron chi connectivity index (χ1n) is 11.5. The van der Waals surface area contributed by atoms with Gasteiger partial charge in [-0.15, -0.1) is 0 Å². The van der Waals surface area contributed by atoms with E-state index in [4.69, 9.17) is 0 Å². The molecule has 1 aliphatic heterocycles. The van der Waals surface area contributed by atoms with Gasteiger partial charge >= 0.3 is 0 Å². The van der Waals surface area contributed by atoms with Crippen molar-refractivity contribution in [2.45, 2.75) is 45.6 Å². The molecule has 2 amide bonds. The van der Waals surface area contributed by atoms with Crippen LogP contribution in [-0.4, -0.2) is 57.4 Å². The number of amides is 2. The van der Waals surface area contributed by atoms with Crippen molar-refractivity contribution in [1.29, 1.82) is 0 Å². The Balaban J connectivity index is 1.30. The highest BCUT2D eigenvalue weighted by molar-refractivity contribution is 6.08. The summed E-state index contributed by atoms with van der Waals surface area (Å²) in [4.78, 5) is 43.2. The summed E-state index contributed by atoms with van der Waals surface area (Å²) in [5, 5.41) is 7.88. The Hall–Kier alpha value is -3.42. The van der Waals surface area contributed by atoms with Crippen molar-refractivity contribution >= 4 is 28.5 Å². The normalized spacial score (nSPS) is 17.6. The molecule has 2 aromatic heterocycles. The second kappa shape index (κ2) is 7.86. The summed E-state index contributed by atoms with van der Waals surface area (Å²) in [6, 6.07) is 5.58. The fourth-order valence-electron chi connectivity index (χ4n) is 5.42. The highest BCUT2D eigenvalue weighted by Crippen LogP contribution is 2.44. The smallest absolute Gasteiger partial charge is 0.253 e. The van der Waals surface area contributed by atoms with Crippen molar-refractivity contribution in [3.05, 3.63) is 53.0 Å². The highest BCUT2D eigenvalue weighted by Gasteiger charge is 2.43. The predicted molar refractivity (Wildman–Crippen MR) is 125 cm³/mol. The molecule has 3 aromatic rings. The van der Waals surface area contributed by atoms with E-state index in [9.17, 15) is 14.4 Å². The van der Waals surface area contributed by atoms with Crippen molar-refractivity contribution in [2.24, 2.45) is 5.41 Å². The number of fused-ring (bicyclic) bond motifs is 2. The number of H-pyrrole nitrogens is 1. The summed E-state index contributed by atoms with van der Waals surface area (Å²) >= 11 is 0. The zero-order valence-corrected chi connectivity index (χ0v) is 19.3. The average Bonchev–Trinajstić information content (AvgIpc) is 3.42. The summed E-state index contributed by atoms with van der Waals surface area (Å²) in [5.41, 5.74) is 3.66. The number of aromatic amines is 1. The highest BCUT2D eigenvalue weighted by atomic mass is 16.2. The van der Waals surface area contributed by atoms with Crippen LogP contribution in [0.5, 0.6) is 0 Å². The fourth-order valence-corrected chi connectivity index (χ4v) is 5.42. The lowest BCUT2D eigenvalue weighted by molar-refractivity contribution is 0.0517. The zero-order valence-electron chi connectivity index (χ0n) is 19.3. The number of piperidine rings is 1. The molecule has 3 heterocycles. The number of aromatic nitrogens is 3.